The van der Waals surface area contributed by atoms with Crippen molar-refractivity contribution in [1.82, 2.24) is 4.98 Å². The van der Waals surface area contributed by atoms with Crippen molar-refractivity contribution in [3.8, 4) is 34.6 Å². The number of aliphatic hydroxyl groups is 2. The molecule has 246 valence electrons. The maximum Gasteiger partial charge on any atom is 0.343 e. The van der Waals surface area contributed by atoms with Crippen LogP contribution in [-0.4, -0.2) is 39.3 Å². The first-order valence-corrected chi connectivity index (χ1v) is 15.7. The first-order chi connectivity index (χ1) is 23.2. The van der Waals surface area contributed by atoms with Crippen LogP contribution in [0.25, 0.3) is 0 Å². The number of ether oxygens (including phenoxy) is 4. The highest BCUT2D eigenvalue weighted by atomic mass is 16.5. The second-order valence-corrected chi connectivity index (χ2v) is 11.4. The molecule has 2 unspecified atom stereocenters. The van der Waals surface area contributed by atoms with E-state index in [2.05, 4.69) is 4.98 Å². The number of carbonyl (C=O) groups excluding carboxylic acids is 2. The van der Waals surface area contributed by atoms with Gasteiger partial charge < -0.3 is 29.2 Å². The van der Waals surface area contributed by atoms with Crippen molar-refractivity contribution < 1.29 is 38.7 Å². The summed E-state index contributed by atoms with van der Waals surface area (Å²) in [5.41, 5.74) is 2.84. The maximum atomic E-state index is 12.6. The predicted molar refractivity (Wildman–Crippen MR) is 180 cm³/mol. The van der Waals surface area contributed by atoms with Gasteiger partial charge in [0.1, 0.15) is 28.7 Å². The topological polar surface area (TPSA) is 124 Å². The standard InChI is InChI=1S/C39H37NO8/c1-26(41)3-5-28-7-15-34(16-8-28)47-38(43)30-11-19-32(20-12-30)45-36-23-24-40-37(25-36)46-33-21-13-31(14-22-33)39(44)48-35-17-9-29(10-18-35)6-4-27(2)42/h7-27,41-42H,3-6H2,1-2H3. The Morgan fingerprint density at radius 1 is 0.562 bits per heavy atom. The monoisotopic (exact) mass is 647 g/mol. The smallest absolute Gasteiger partial charge is 0.343 e. The van der Waals surface area contributed by atoms with Crippen molar-refractivity contribution in [2.24, 2.45) is 0 Å². The summed E-state index contributed by atoms with van der Waals surface area (Å²) in [4.78, 5) is 29.5. The van der Waals surface area contributed by atoms with E-state index in [9.17, 15) is 19.8 Å². The number of carbonyl (C=O) groups is 2. The van der Waals surface area contributed by atoms with E-state index >= 15 is 0 Å². The molecule has 0 aliphatic rings. The van der Waals surface area contributed by atoms with E-state index in [0.717, 1.165) is 24.0 Å². The minimum Gasteiger partial charge on any atom is -0.457 e. The van der Waals surface area contributed by atoms with Crippen molar-refractivity contribution >= 4 is 11.9 Å². The van der Waals surface area contributed by atoms with Crippen molar-refractivity contribution in [3.05, 3.63) is 138 Å². The summed E-state index contributed by atoms with van der Waals surface area (Å²) in [6, 6.07) is 30.9. The van der Waals surface area contributed by atoms with Crippen molar-refractivity contribution in [2.45, 2.75) is 51.7 Å². The predicted octanol–water partition coefficient (Wildman–Crippen LogP) is 7.73. The minimum atomic E-state index is -0.496. The van der Waals surface area contributed by atoms with Gasteiger partial charge in [-0.1, -0.05) is 24.3 Å². The zero-order valence-corrected chi connectivity index (χ0v) is 26.7. The van der Waals surface area contributed by atoms with Gasteiger partial charge in [-0.3, -0.25) is 0 Å². The summed E-state index contributed by atoms with van der Waals surface area (Å²) in [5, 5.41) is 18.9. The van der Waals surface area contributed by atoms with Gasteiger partial charge in [0.25, 0.3) is 0 Å². The number of rotatable bonds is 14. The van der Waals surface area contributed by atoms with Crippen LogP contribution in [0.1, 0.15) is 58.5 Å². The van der Waals surface area contributed by atoms with Gasteiger partial charge in [0, 0.05) is 12.3 Å². The molecule has 1 aromatic heterocycles. The van der Waals surface area contributed by atoms with Crippen molar-refractivity contribution in [3.63, 3.8) is 0 Å². The van der Waals surface area contributed by atoms with E-state index in [1.165, 1.54) is 0 Å². The van der Waals surface area contributed by atoms with Gasteiger partial charge in [-0.15, -0.1) is 0 Å². The van der Waals surface area contributed by atoms with Crippen LogP contribution in [-0.2, 0) is 12.8 Å². The number of aromatic nitrogens is 1. The van der Waals surface area contributed by atoms with Gasteiger partial charge in [0.05, 0.1) is 23.3 Å². The van der Waals surface area contributed by atoms with Gasteiger partial charge in [-0.25, -0.2) is 14.6 Å². The molecule has 9 heteroatoms. The third kappa shape index (κ3) is 10.2. The van der Waals surface area contributed by atoms with E-state index in [4.69, 9.17) is 18.9 Å². The lowest BCUT2D eigenvalue weighted by atomic mass is 10.1. The Morgan fingerprint density at radius 3 is 1.42 bits per heavy atom. The van der Waals surface area contributed by atoms with Crippen LogP contribution in [0.3, 0.4) is 0 Å². The Hall–Kier alpha value is -5.51. The first-order valence-electron chi connectivity index (χ1n) is 15.7. The number of aliphatic hydroxyl groups excluding tert-OH is 2. The normalized spacial score (nSPS) is 12.1. The molecule has 0 saturated carbocycles. The third-order valence-corrected chi connectivity index (χ3v) is 7.31. The number of nitrogens with zero attached hydrogens (tertiary/aromatic N) is 1. The number of aryl methyl sites for hydroxylation is 2. The van der Waals surface area contributed by atoms with E-state index < -0.39 is 11.9 Å². The van der Waals surface area contributed by atoms with E-state index in [-0.39, 0.29) is 18.1 Å². The fourth-order valence-electron chi connectivity index (χ4n) is 4.62. The van der Waals surface area contributed by atoms with Crippen molar-refractivity contribution in [2.75, 3.05) is 0 Å². The minimum absolute atomic E-state index is 0.288. The summed E-state index contributed by atoms with van der Waals surface area (Å²) in [6.45, 7) is 3.51. The van der Waals surface area contributed by atoms with Crippen LogP contribution in [0.4, 0.5) is 0 Å². The van der Waals surface area contributed by atoms with Gasteiger partial charge in [0.2, 0.25) is 5.88 Å². The van der Waals surface area contributed by atoms with Crippen LogP contribution >= 0.6 is 0 Å². The number of pyridine rings is 1. The highest BCUT2D eigenvalue weighted by Crippen LogP contribution is 2.28. The van der Waals surface area contributed by atoms with Crippen LogP contribution in [0.2, 0.25) is 0 Å². The van der Waals surface area contributed by atoms with Crippen LogP contribution in [0.5, 0.6) is 34.6 Å². The quantitative estimate of drug-likeness (QED) is 0.0920. The Bertz CT molecular complexity index is 1650. The highest BCUT2D eigenvalue weighted by Gasteiger charge is 2.12. The van der Waals surface area contributed by atoms with Gasteiger partial charge >= 0.3 is 11.9 Å². The largest absolute Gasteiger partial charge is 0.457 e. The molecule has 5 rings (SSSR count). The number of hydrogen-bond donors (Lipinski definition) is 2. The summed E-state index contributed by atoms with van der Waals surface area (Å²) < 4.78 is 22.8. The molecule has 2 N–H and O–H groups in total. The summed E-state index contributed by atoms with van der Waals surface area (Å²) >= 11 is 0. The third-order valence-electron chi connectivity index (χ3n) is 7.31. The Kier molecular flexibility index (Phi) is 11.5. The molecule has 4 aromatic carbocycles. The molecule has 0 spiro atoms. The maximum absolute atomic E-state index is 12.6. The summed E-state index contributed by atoms with van der Waals surface area (Å²) in [5.74, 6) is 1.62. The molecule has 0 saturated heterocycles. The molecule has 0 aliphatic heterocycles. The highest BCUT2D eigenvalue weighted by molar-refractivity contribution is 5.91. The lowest BCUT2D eigenvalue weighted by Gasteiger charge is -2.10. The SMILES string of the molecule is CC(O)CCc1ccc(OC(=O)c2ccc(Oc3ccnc(Oc4ccc(C(=O)Oc5ccc(CCC(C)O)cc5)cc4)c3)cc2)cc1. The molecule has 0 amide bonds. The average Bonchev–Trinajstić information content (AvgIpc) is 3.08. The molecule has 0 aliphatic carbocycles. The molecule has 0 bridgehead atoms. The van der Waals surface area contributed by atoms with Crippen molar-refractivity contribution in [1.29, 1.82) is 0 Å². The molecule has 5 aromatic rings. The van der Waals surface area contributed by atoms with E-state index in [1.54, 1.807) is 105 Å². The number of benzene rings is 4. The molecular weight excluding hydrogens is 610 g/mol. The summed E-state index contributed by atoms with van der Waals surface area (Å²) in [7, 11) is 0. The Labute approximate surface area is 279 Å². The lowest BCUT2D eigenvalue weighted by Crippen LogP contribution is -2.08. The van der Waals surface area contributed by atoms with Gasteiger partial charge in [0.15, 0.2) is 0 Å². The number of hydrogen-bond acceptors (Lipinski definition) is 9. The fourth-order valence-corrected chi connectivity index (χ4v) is 4.62. The fraction of sp³-hybridized carbons (Fsp3) is 0.205. The molecule has 1 heterocycles. The summed E-state index contributed by atoms with van der Waals surface area (Å²) in [6.07, 6.45) is 3.64. The van der Waals surface area contributed by atoms with Crippen LogP contribution in [0.15, 0.2) is 115 Å². The zero-order chi connectivity index (χ0) is 33.9. The van der Waals surface area contributed by atoms with Gasteiger partial charge in [-0.2, -0.15) is 0 Å². The van der Waals surface area contributed by atoms with E-state index in [0.29, 0.717) is 52.7 Å². The first kappa shape index (κ1) is 33.8. The van der Waals surface area contributed by atoms with Gasteiger partial charge in [-0.05, 0) is 130 Å². The zero-order valence-electron chi connectivity index (χ0n) is 26.7. The average molecular weight is 648 g/mol. The molecule has 9 nitrogen and oxygen atoms in total. The molecule has 2 atom stereocenters. The lowest BCUT2D eigenvalue weighted by molar-refractivity contribution is 0.0725. The molecule has 0 radical (unpaired) electrons. The van der Waals surface area contributed by atoms with Crippen LogP contribution < -0.4 is 18.9 Å². The number of esters is 2. The molecular formula is C39H37NO8. The Morgan fingerprint density at radius 2 is 0.979 bits per heavy atom. The second-order valence-electron chi connectivity index (χ2n) is 11.4. The second kappa shape index (κ2) is 16.4. The van der Waals surface area contributed by atoms with Crippen LogP contribution in [0, 0.1) is 0 Å². The Balaban J connectivity index is 1.11. The molecule has 48 heavy (non-hydrogen) atoms. The molecule has 0 fully saturated rings. The van der Waals surface area contributed by atoms with E-state index in [1.807, 2.05) is 24.3 Å².